The monoisotopic (exact) mass is 300 g/mol. The van der Waals surface area contributed by atoms with Gasteiger partial charge in [-0.1, -0.05) is 6.07 Å². The normalized spacial score (nSPS) is 19.3. The number of aromatic amines is 1. The lowest BCUT2D eigenvalue weighted by molar-refractivity contribution is 0.0320. The van der Waals surface area contributed by atoms with E-state index in [1.165, 1.54) is 11.3 Å². The Morgan fingerprint density at radius 2 is 2.18 bits per heavy atom. The SMILES string of the molecule is c1ccc(OCc2n[nH]c3c2CN(C2CCOCC2)C3)nc1. The highest BCUT2D eigenvalue weighted by molar-refractivity contribution is 5.29. The molecule has 4 heterocycles. The van der Waals surface area contributed by atoms with Crippen LogP contribution in [-0.4, -0.2) is 39.3 Å². The number of aromatic nitrogens is 3. The molecule has 0 aromatic carbocycles. The Hall–Kier alpha value is -1.92. The van der Waals surface area contributed by atoms with Crippen LogP contribution in [0.2, 0.25) is 0 Å². The first-order valence-electron chi connectivity index (χ1n) is 7.81. The summed E-state index contributed by atoms with van der Waals surface area (Å²) in [4.78, 5) is 6.70. The lowest BCUT2D eigenvalue weighted by atomic mass is 10.1. The summed E-state index contributed by atoms with van der Waals surface area (Å²) in [6.07, 6.45) is 3.98. The van der Waals surface area contributed by atoms with Crippen molar-refractivity contribution >= 4 is 0 Å². The maximum Gasteiger partial charge on any atom is 0.213 e. The second-order valence-corrected chi connectivity index (χ2v) is 5.83. The molecule has 22 heavy (non-hydrogen) atoms. The fraction of sp³-hybridized carbons (Fsp3) is 0.500. The Labute approximate surface area is 129 Å². The van der Waals surface area contributed by atoms with Gasteiger partial charge in [0.25, 0.3) is 0 Å². The number of fused-ring (bicyclic) bond motifs is 1. The van der Waals surface area contributed by atoms with Crippen LogP contribution in [-0.2, 0) is 24.4 Å². The summed E-state index contributed by atoms with van der Waals surface area (Å²) in [6.45, 7) is 4.13. The molecule has 4 rings (SSSR count). The topological polar surface area (TPSA) is 63.3 Å². The number of nitrogens with one attached hydrogen (secondary N) is 1. The average molecular weight is 300 g/mol. The average Bonchev–Trinajstić information content (AvgIpc) is 3.16. The number of hydrogen-bond donors (Lipinski definition) is 1. The van der Waals surface area contributed by atoms with Gasteiger partial charge in [-0.2, -0.15) is 5.10 Å². The van der Waals surface area contributed by atoms with Crippen LogP contribution in [0.25, 0.3) is 0 Å². The Morgan fingerprint density at radius 1 is 1.27 bits per heavy atom. The smallest absolute Gasteiger partial charge is 0.213 e. The molecule has 2 aromatic heterocycles. The zero-order valence-electron chi connectivity index (χ0n) is 12.5. The quantitative estimate of drug-likeness (QED) is 0.934. The van der Waals surface area contributed by atoms with E-state index in [0.717, 1.165) is 44.8 Å². The maximum atomic E-state index is 5.72. The van der Waals surface area contributed by atoms with Gasteiger partial charge in [0.1, 0.15) is 12.3 Å². The summed E-state index contributed by atoms with van der Waals surface area (Å²) in [5.74, 6) is 0.638. The van der Waals surface area contributed by atoms with Gasteiger partial charge in [0.15, 0.2) is 0 Å². The van der Waals surface area contributed by atoms with Crippen LogP contribution in [0, 0.1) is 0 Å². The first kappa shape index (κ1) is 13.7. The standard InChI is InChI=1S/C16H20N4O2/c1-2-6-17-16(3-1)22-11-15-13-9-20(10-14(13)18-19-15)12-4-7-21-8-5-12/h1-3,6,12H,4-5,7-11H2,(H,18,19). The number of nitrogens with zero attached hydrogens (tertiary/aromatic N) is 3. The molecule has 1 N–H and O–H groups in total. The van der Waals surface area contributed by atoms with E-state index >= 15 is 0 Å². The second kappa shape index (κ2) is 6.06. The minimum Gasteiger partial charge on any atom is -0.471 e. The molecule has 0 radical (unpaired) electrons. The van der Waals surface area contributed by atoms with E-state index in [0.29, 0.717) is 18.5 Å². The van der Waals surface area contributed by atoms with Crippen molar-refractivity contribution in [2.45, 2.75) is 38.6 Å². The van der Waals surface area contributed by atoms with Crippen molar-refractivity contribution in [1.29, 1.82) is 0 Å². The summed E-state index contributed by atoms with van der Waals surface area (Å²) in [7, 11) is 0. The van der Waals surface area contributed by atoms with Crippen molar-refractivity contribution in [3.63, 3.8) is 0 Å². The van der Waals surface area contributed by atoms with E-state index in [9.17, 15) is 0 Å². The Kier molecular flexibility index (Phi) is 3.78. The molecule has 0 bridgehead atoms. The fourth-order valence-corrected chi connectivity index (χ4v) is 3.23. The molecule has 0 aliphatic carbocycles. The predicted octanol–water partition coefficient (Wildman–Crippen LogP) is 1.88. The lowest BCUT2D eigenvalue weighted by Crippen LogP contribution is -2.36. The van der Waals surface area contributed by atoms with E-state index in [1.807, 2.05) is 18.2 Å². The van der Waals surface area contributed by atoms with Crippen molar-refractivity contribution in [1.82, 2.24) is 20.1 Å². The van der Waals surface area contributed by atoms with Gasteiger partial charge in [-0.25, -0.2) is 4.98 Å². The van der Waals surface area contributed by atoms with Crippen LogP contribution in [0.4, 0.5) is 0 Å². The molecular weight excluding hydrogens is 280 g/mol. The minimum atomic E-state index is 0.463. The summed E-state index contributed by atoms with van der Waals surface area (Å²) < 4.78 is 11.2. The number of ether oxygens (including phenoxy) is 2. The number of pyridine rings is 1. The molecule has 2 aromatic rings. The summed E-state index contributed by atoms with van der Waals surface area (Å²) in [5, 5.41) is 7.57. The highest BCUT2D eigenvalue weighted by Crippen LogP contribution is 2.29. The van der Waals surface area contributed by atoms with Crippen molar-refractivity contribution in [2.24, 2.45) is 0 Å². The van der Waals surface area contributed by atoms with Crippen LogP contribution in [0.3, 0.4) is 0 Å². The fourth-order valence-electron chi connectivity index (χ4n) is 3.23. The molecule has 0 unspecified atom stereocenters. The summed E-state index contributed by atoms with van der Waals surface area (Å²) in [5.41, 5.74) is 3.52. The molecule has 2 aliphatic heterocycles. The summed E-state index contributed by atoms with van der Waals surface area (Å²) >= 11 is 0. The van der Waals surface area contributed by atoms with E-state index in [4.69, 9.17) is 9.47 Å². The Bertz CT molecular complexity index is 622. The maximum absolute atomic E-state index is 5.72. The van der Waals surface area contributed by atoms with Crippen LogP contribution in [0.1, 0.15) is 29.8 Å². The molecule has 6 nitrogen and oxygen atoms in total. The van der Waals surface area contributed by atoms with Crippen molar-refractivity contribution in [2.75, 3.05) is 13.2 Å². The Morgan fingerprint density at radius 3 is 3.00 bits per heavy atom. The Balaban J connectivity index is 1.41. The van der Waals surface area contributed by atoms with Crippen LogP contribution >= 0.6 is 0 Å². The highest BCUT2D eigenvalue weighted by atomic mass is 16.5. The molecule has 2 aliphatic rings. The van der Waals surface area contributed by atoms with Crippen molar-refractivity contribution in [3.05, 3.63) is 41.3 Å². The molecule has 1 saturated heterocycles. The molecule has 0 amide bonds. The van der Waals surface area contributed by atoms with E-state index in [2.05, 4.69) is 20.1 Å². The third-order valence-corrected chi connectivity index (χ3v) is 4.46. The van der Waals surface area contributed by atoms with Gasteiger partial charge in [0, 0.05) is 50.2 Å². The molecule has 6 heteroatoms. The largest absolute Gasteiger partial charge is 0.471 e. The molecule has 0 atom stereocenters. The third kappa shape index (κ3) is 2.71. The van der Waals surface area contributed by atoms with Crippen molar-refractivity contribution in [3.8, 4) is 5.88 Å². The van der Waals surface area contributed by atoms with Gasteiger partial charge < -0.3 is 9.47 Å². The first-order chi connectivity index (χ1) is 10.9. The van der Waals surface area contributed by atoms with Gasteiger partial charge in [-0.3, -0.25) is 10.00 Å². The van der Waals surface area contributed by atoms with Gasteiger partial charge in [-0.05, 0) is 18.9 Å². The number of rotatable bonds is 4. The van der Waals surface area contributed by atoms with Crippen molar-refractivity contribution < 1.29 is 9.47 Å². The zero-order valence-corrected chi connectivity index (χ0v) is 12.5. The molecule has 116 valence electrons. The molecule has 0 spiro atoms. The van der Waals surface area contributed by atoms with Crippen LogP contribution < -0.4 is 4.74 Å². The van der Waals surface area contributed by atoms with E-state index in [1.54, 1.807) is 6.20 Å². The molecule has 1 fully saturated rings. The van der Waals surface area contributed by atoms with E-state index in [-0.39, 0.29) is 0 Å². The highest BCUT2D eigenvalue weighted by Gasteiger charge is 2.30. The lowest BCUT2D eigenvalue weighted by Gasteiger charge is -2.30. The zero-order chi connectivity index (χ0) is 14.8. The second-order valence-electron chi connectivity index (χ2n) is 5.83. The van der Waals surface area contributed by atoms with Gasteiger partial charge in [0.05, 0.1) is 5.69 Å². The van der Waals surface area contributed by atoms with Crippen LogP contribution in [0.15, 0.2) is 24.4 Å². The van der Waals surface area contributed by atoms with Gasteiger partial charge in [-0.15, -0.1) is 0 Å². The third-order valence-electron chi connectivity index (χ3n) is 4.46. The number of H-pyrrole nitrogens is 1. The molecule has 0 saturated carbocycles. The number of hydrogen-bond acceptors (Lipinski definition) is 5. The van der Waals surface area contributed by atoms with E-state index < -0.39 is 0 Å². The molecular formula is C16H20N4O2. The summed E-state index contributed by atoms with van der Waals surface area (Å²) in [6, 6.07) is 6.29. The minimum absolute atomic E-state index is 0.463. The van der Waals surface area contributed by atoms with Crippen LogP contribution in [0.5, 0.6) is 5.88 Å². The predicted molar refractivity (Wildman–Crippen MR) is 80.2 cm³/mol. The first-order valence-corrected chi connectivity index (χ1v) is 7.81. The van der Waals surface area contributed by atoms with Gasteiger partial charge in [0.2, 0.25) is 5.88 Å². The van der Waals surface area contributed by atoms with Gasteiger partial charge >= 0.3 is 0 Å².